The molecule has 0 amide bonds. The Bertz CT molecular complexity index is 13.7. The van der Waals surface area contributed by atoms with Crippen LogP contribution in [0.3, 0.4) is 0 Å². The normalized spacial score (nSPS) is 4.29. The van der Waals surface area contributed by atoms with Gasteiger partial charge in [0.1, 0.15) is 0 Å². The van der Waals surface area contributed by atoms with Crippen molar-refractivity contribution in [3.8, 4) is 0 Å². The Balaban J connectivity index is -0.0000000150. The minimum atomic E-state index is 0. The monoisotopic (exact) mass is 296 g/mol. The Labute approximate surface area is 87.2 Å². The van der Waals surface area contributed by atoms with E-state index in [4.69, 9.17) is 0 Å². The van der Waals surface area contributed by atoms with Crippen molar-refractivity contribution in [3.63, 3.8) is 0 Å². The molecule has 0 nitrogen and oxygen atoms in total. The maximum atomic E-state index is 3.60. The second-order valence-corrected chi connectivity index (χ2v) is 0.854. The largest absolute Gasteiger partial charge is 2.00 e. The van der Waals surface area contributed by atoms with E-state index in [0.717, 1.165) is 6.42 Å². The standard InChI is InChI=1S/C4H9.ClH.Hf.Mg/c1-3-4-2;;;/h1,3-4H2,2H3;1H;;/q-1;;;+2/p-1. The first-order chi connectivity index (χ1) is 1.91. The topological polar surface area (TPSA) is 0 Å². The van der Waals surface area contributed by atoms with Crippen molar-refractivity contribution < 1.29 is 38.3 Å². The summed E-state index contributed by atoms with van der Waals surface area (Å²) in [6.07, 6.45) is 2.28. The third-order valence-corrected chi connectivity index (χ3v) is 0.354. The molecule has 0 rings (SSSR count). The summed E-state index contributed by atoms with van der Waals surface area (Å²) >= 11 is 0. The molecule has 0 saturated heterocycles. The van der Waals surface area contributed by atoms with Gasteiger partial charge in [-0.3, -0.25) is 0 Å². The van der Waals surface area contributed by atoms with Gasteiger partial charge in [-0.15, -0.1) is 0 Å². The molecule has 0 N–H and O–H groups in total. The Morgan fingerprint density at radius 2 is 1.57 bits per heavy atom. The van der Waals surface area contributed by atoms with Crippen molar-refractivity contribution in [1.82, 2.24) is 0 Å². The van der Waals surface area contributed by atoms with E-state index in [1.807, 2.05) is 0 Å². The van der Waals surface area contributed by atoms with E-state index in [0.29, 0.717) is 0 Å². The summed E-state index contributed by atoms with van der Waals surface area (Å²) in [5.74, 6) is 0. The Hall–Kier alpha value is 1.93. The molecule has 0 bridgehead atoms. The van der Waals surface area contributed by atoms with Crippen LogP contribution in [-0.4, -0.2) is 23.1 Å². The molecular weight excluding hydrogens is 286 g/mol. The SMILES string of the molecule is [CH2-]CCC.[Cl-].[Hf].[Mg+2]. The van der Waals surface area contributed by atoms with Crippen LogP contribution in [0.25, 0.3) is 0 Å². The molecule has 0 unspecified atom stereocenters. The van der Waals surface area contributed by atoms with Crippen LogP contribution in [0.15, 0.2) is 0 Å². The maximum absolute atomic E-state index is 3.60. The van der Waals surface area contributed by atoms with Crippen LogP contribution < -0.4 is 12.4 Å². The third-order valence-electron chi connectivity index (χ3n) is 0.354. The first-order valence-electron chi connectivity index (χ1n) is 1.71. The van der Waals surface area contributed by atoms with Crippen molar-refractivity contribution in [1.29, 1.82) is 0 Å². The molecule has 0 aliphatic rings. The van der Waals surface area contributed by atoms with Crippen LogP contribution in [0.5, 0.6) is 0 Å². The average molecular weight is 295 g/mol. The van der Waals surface area contributed by atoms with Gasteiger partial charge in [-0.1, -0.05) is 13.3 Å². The number of halogens is 1. The van der Waals surface area contributed by atoms with Gasteiger partial charge in [-0.05, 0) is 0 Å². The fourth-order valence-electron chi connectivity index (χ4n) is 0. The van der Waals surface area contributed by atoms with Gasteiger partial charge in [0, 0.05) is 25.8 Å². The summed E-state index contributed by atoms with van der Waals surface area (Å²) < 4.78 is 0. The summed E-state index contributed by atoms with van der Waals surface area (Å²) in [6, 6.07) is 0. The molecule has 0 heterocycles. The molecule has 0 aromatic carbocycles. The molecule has 38 valence electrons. The second-order valence-electron chi connectivity index (χ2n) is 0.854. The fraction of sp³-hybridized carbons (Fsp3) is 0.750. The van der Waals surface area contributed by atoms with Gasteiger partial charge in [0.25, 0.3) is 0 Å². The first kappa shape index (κ1) is 23.1. The van der Waals surface area contributed by atoms with E-state index in [2.05, 4.69) is 13.8 Å². The minimum Gasteiger partial charge on any atom is -1.00 e. The van der Waals surface area contributed by atoms with Crippen molar-refractivity contribution >= 4 is 23.1 Å². The zero-order chi connectivity index (χ0) is 3.41. The molecule has 0 aromatic rings. The van der Waals surface area contributed by atoms with Crippen molar-refractivity contribution in [2.45, 2.75) is 19.8 Å². The zero-order valence-electron chi connectivity index (χ0n) is 4.71. The van der Waals surface area contributed by atoms with Crippen LogP contribution in [0, 0.1) is 6.92 Å². The predicted molar refractivity (Wildman–Crippen MR) is 26.0 cm³/mol. The number of rotatable bonds is 1. The van der Waals surface area contributed by atoms with Gasteiger partial charge in [-0.2, -0.15) is 6.42 Å². The van der Waals surface area contributed by atoms with E-state index in [1.54, 1.807) is 0 Å². The van der Waals surface area contributed by atoms with Gasteiger partial charge < -0.3 is 19.3 Å². The van der Waals surface area contributed by atoms with E-state index >= 15 is 0 Å². The molecule has 0 saturated carbocycles. The van der Waals surface area contributed by atoms with Crippen LogP contribution in [-0.2, 0) is 25.8 Å². The van der Waals surface area contributed by atoms with Gasteiger partial charge in [0.05, 0.1) is 0 Å². The van der Waals surface area contributed by atoms with E-state index in [9.17, 15) is 0 Å². The molecule has 7 heavy (non-hydrogen) atoms. The molecule has 0 aliphatic carbocycles. The quantitative estimate of drug-likeness (QED) is 0.397. The Morgan fingerprint density at radius 3 is 1.57 bits per heavy atom. The van der Waals surface area contributed by atoms with Crippen LogP contribution in [0.2, 0.25) is 0 Å². The van der Waals surface area contributed by atoms with Crippen LogP contribution in [0.4, 0.5) is 0 Å². The fourth-order valence-corrected chi connectivity index (χ4v) is 0. The van der Waals surface area contributed by atoms with Crippen molar-refractivity contribution in [3.05, 3.63) is 6.92 Å². The Morgan fingerprint density at radius 1 is 1.43 bits per heavy atom. The van der Waals surface area contributed by atoms with Gasteiger partial charge in [0.2, 0.25) is 0 Å². The van der Waals surface area contributed by atoms with E-state index in [-0.39, 0.29) is 61.3 Å². The molecule has 0 aliphatic heterocycles. The molecule has 0 spiro atoms. The third kappa shape index (κ3) is 32.5. The van der Waals surface area contributed by atoms with Crippen LogP contribution >= 0.6 is 0 Å². The summed E-state index contributed by atoms with van der Waals surface area (Å²) in [4.78, 5) is 0. The smallest absolute Gasteiger partial charge is 1.00 e. The molecule has 0 radical (unpaired) electrons. The molecular formula is C4H9ClHfMg. The molecule has 0 fully saturated rings. The molecule has 0 aromatic heterocycles. The van der Waals surface area contributed by atoms with Crippen molar-refractivity contribution in [2.24, 2.45) is 0 Å². The molecule has 3 heteroatoms. The second kappa shape index (κ2) is 24.7. The number of unbranched alkanes of at least 4 members (excludes halogenated alkanes) is 1. The number of hydrogen-bond donors (Lipinski definition) is 0. The number of hydrogen-bond acceptors (Lipinski definition) is 0. The van der Waals surface area contributed by atoms with Gasteiger partial charge >= 0.3 is 23.1 Å². The van der Waals surface area contributed by atoms with E-state index in [1.165, 1.54) is 6.42 Å². The predicted octanol–water partition coefficient (Wildman–Crippen LogP) is -1.76. The summed E-state index contributed by atoms with van der Waals surface area (Å²) in [6.45, 7) is 5.72. The average Bonchev–Trinajstić information content (AvgIpc) is 1.37. The Kier molecular flexibility index (Phi) is 81.4. The molecule has 0 atom stereocenters. The minimum absolute atomic E-state index is 0. The van der Waals surface area contributed by atoms with E-state index < -0.39 is 0 Å². The van der Waals surface area contributed by atoms with Gasteiger partial charge in [0.15, 0.2) is 0 Å². The summed E-state index contributed by atoms with van der Waals surface area (Å²) in [5, 5.41) is 0. The summed E-state index contributed by atoms with van der Waals surface area (Å²) in [7, 11) is 0. The van der Waals surface area contributed by atoms with Gasteiger partial charge in [-0.25, -0.2) is 0 Å². The first-order valence-corrected chi connectivity index (χ1v) is 1.71. The van der Waals surface area contributed by atoms with Crippen molar-refractivity contribution in [2.75, 3.05) is 0 Å². The zero-order valence-corrected chi connectivity index (χ0v) is 10.5. The maximum Gasteiger partial charge on any atom is 2.00 e. The van der Waals surface area contributed by atoms with Crippen LogP contribution in [0.1, 0.15) is 19.8 Å². The summed E-state index contributed by atoms with van der Waals surface area (Å²) in [5.41, 5.74) is 0.